The first kappa shape index (κ1) is 12.2. The number of nitrogens with one attached hydrogen (secondary N) is 1. The molecule has 1 unspecified atom stereocenters. The molecule has 2 aromatic rings. The minimum Gasteiger partial charge on any atom is -0.319 e. The Bertz CT molecular complexity index is 496. The Morgan fingerprint density at radius 3 is 2.94 bits per heavy atom. The topological polar surface area (TPSA) is 55.6 Å². The van der Waals surface area contributed by atoms with Gasteiger partial charge >= 0.3 is 0 Å². The van der Waals surface area contributed by atoms with Gasteiger partial charge in [0.1, 0.15) is 16.8 Å². The standard InChI is InChI=1S/C11H14BrN5/c1-8(11-16-14-7-17(11)2)13-6-9-4-3-5-10(12)15-9/h3-5,7-8,13H,6H2,1-2H3. The molecule has 0 aromatic carbocycles. The highest BCUT2D eigenvalue weighted by molar-refractivity contribution is 9.10. The van der Waals surface area contributed by atoms with Crippen molar-refractivity contribution in [3.63, 3.8) is 0 Å². The minimum atomic E-state index is 0.142. The lowest BCUT2D eigenvalue weighted by atomic mass is 10.3. The van der Waals surface area contributed by atoms with E-state index in [0.29, 0.717) is 6.54 Å². The van der Waals surface area contributed by atoms with Gasteiger partial charge in [0.05, 0.1) is 11.7 Å². The largest absolute Gasteiger partial charge is 0.319 e. The van der Waals surface area contributed by atoms with E-state index in [9.17, 15) is 0 Å². The van der Waals surface area contributed by atoms with Crippen LogP contribution in [-0.4, -0.2) is 19.7 Å². The molecule has 0 bridgehead atoms. The Morgan fingerprint density at radius 2 is 2.29 bits per heavy atom. The van der Waals surface area contributed by atoms with E-state index in [1.165, 1.54) is 0 Å². The molecule has 2 heterocycles. The average Bonchev–Trinajstić information content (AvgIpc) is 2.72. The number of aryl methyl sites for hydroxylation is 1. The molecule has 90 valence electrons. The van der Waals surface area contributed by atoms with Crippen molar-refractivity contribution in [1.29, 1.82) is 0 Å². The van der Waals surface area contributed by atoms with E-state index >= 15 is 0 Å². The lowest BCUT2D eigenvalue weighted by Crippen LogP contribution is -2.21. The van der Waals surface area contributed by atoms with Gasteiger partial charge in [0.25, 0.3) is 0 Å². The predicted octanol–water partition coefficient (Wildman–Crippen LogP) is 1.82. The normalized spacial score (nSPS) is 12.6. The molecular weight excluding hydrogens is 282 g/mol. The summed E-state index contributed by atoms with van der Waals surface area (Å²) < 4.78 is 2.76. The van der Waals surface area contributed by atoms with Crippen molar-refractivity contribution < 1.29 is 0 Å². The molecule has 5 nitrogen and oxygen atoms in total. The van der Waals surface area contributed by atoms with Crippen LogP contribution in [-0.2, 0) is 13.6 Å². The zero-order valence-electron chi connectivity index (χ0n) is 9.76. The summed E-state index contributed by atoms with van der Waals surface area (Å²) in [6.07, 6.45) is 1.70. The Balaban J connectivity index is 1.97. The first-order valence-corrected chi connectivity index (χ1v) is 6.15. The lowest BCUT2D eigenvalue weighted by molar-refractivity contribution is 0.523. The first-order valence-electron chi connectivity index (χ1n) is 5.35. The second-order valence-electron chi connectivity index (χ2n) is 3.85. The number of rotatable bonds is 4. The summed E-state index contributed by atoms with van der Waals surface area (Å²) in [4.78, 5) is 4.36. The fraction of sp³-hybridized carbons (Fsp3) is 0.364. The number of hydrogen-bond donors (Lipinski definition) is 1. The fourth-order valence-electron chi connectivity index (χ4n) is 1.58. The van der Waals surface area contributed by atoms with Gasteiger partial charge in [-0.1, -0.05) is 6.07 Å². The summed E-state index contributed by atoms with van der Waals surface area (Å²) in [6.45, 7) is 2.76. The summed E-state index contributed by atoms with van der Waals surface area (Å²) in [5.74, 6) is 0.917. The number of pyridine rings is 1. The van der Waals surface area contributed by atoms with E-state index in [1.807, 2.05) is 29.8 Å². The summed E-state index contributed by atoms with van der Waals surface area (Å²) in [5, 5.41) is 11.3. The highest BCUT2D eigenvalue weighted by Gasteiger charge is 2.10. The molecule has 1 atom stereocenters. The summed E-state index contributed by atoms with van der Waals surface area (Å²) in [7, 11) is 1.94. The van der Waals surface area contributed by atoms with E-state index in [1.54, 1.807) is 6.33 Å². The minimum absolute atomic E-state index is 0.142. The van der Waals surface area contributed by atoms with Crippen LogP contribution in [0.1, 0.15) is 24.5 Å². The predicted molar refractivity (Wildman–Crippen MR) is 68.2 cm³/mol. The van der Waals surface area contributed by atoms with Gasteiger partial charge in [0.15, 0.2) is 0 Å². The Hall–Kier alpha value is -1.27. The maximum atomic E-state index is 4.36. The number of aromatic nitrogens is 4. The van der Waals surface area contributed by atoms with Crippen molar-refractivity contribution in [1.82, 2.24) is 25.1 Å². The molecule has 0 saturated heterocycles. The third-order valence-electron chi connectivity index (χ3n) is 2.50. The van der Waals surface area contributed by atoms with Crippen LogP contribution in [0.2, 0.25) is 0 Å². The van der Waals surface area contributed by atoms with Crippen molar-refractivity contribution in [2.45, 2.75) is 19.5 Å². The molecule has 0 fully saturated rings. The fourth-order valence-corrected chi connectivity index (χ4v) is 1.96. The van der Waals surface area contributed by atoms with Crippen LogP contribution in [0.5, 0.6) is 0 Å². The van der Waals surface area contributed by atoms with Crippen LogP contribution >= 0.6 is 15.9 Å². The molecule has 0 radical (unpaired) electrons. The molecule has 6 heteroatoms. The number of hydrogen-bond acceptors (Lipinski definition) is 4. The molecule has 1 N–H and O–H groups in total. The molecule has 0 spiro atoms. The first-order chi connectivity index (χ1) is 8.16. The van der Waals surface area contributed by atoms with Crippen molar-refractivity contribution in [3.8, 4) is 0 Å². The van der Waals surface area contributed by atoms with E-state index in [-0.39, 0.29) is 6.04 Å². The number of halogens is 1. The van der Waals surface area contributed by atoms with Gasteiger partial charge < -0.3 is 9.88 Å². The smallest absolute Gasteiger partial charge is 0.149 e. The van der Waals surface area contributed by atoms with Crippen LogP contribution in [0.3, 0.4) is 0 Å². The zero-order chi connectivity index (χ0) is 12.3. The second-order valence-corrected chi connectivity index (χ2v) is 4.67. The molecule has 0 amide bonds. The third-order valence-corrected chi connectivity index (χ3v) is 2.94. The van der Waals surface area contributed by atoms with E-state index in [2.05, 4.69) is 43.4 Å². The van der Waals surface area contributed by atoms with Gasteiger partial charge in [0.2, 0.25) is 0 Å². The maximum Gasteiger partial charge on any atom is 0.149 e. The average molecular weight is 296 g/mol. The quantitative estimate of drug-likeness (QED) is 0.875. The van der Waals surface area contributed by atoms with Crippen LogP contribution in [0.25, 0.3) is 0 Å². The summed E-state index contributed by atoms with van der Waals surface area (Å²) in [6, 6.07) is 6.01. The van der Waals surface area contributed by atoms with Gasteiger partial charge in [-0.3, -0.25) is 0 Å². The Kier molecular flexibility index (Phi) is 3.86. The SMILES string of the molecule is CC(NCc1cccc(Br)n1)c1nncn1C. The highest BCUT2D eigenvalue weighted by atomic mass is 79.9. The molecule has 0 aliphatic heterocycles. The Morgan fingerprint density at radius 1 is 1.47 bits per heavy atom. The van der Waals surface area contributed by atoms with Crippen LogP contribution < -0.4 is 5.32 Å². The van der Waals surface area contributed by atoms with E-state index < -0.39 is 0 Å². The van der Waals surface area contributed by atoms with Gasteiger partial charge in [-0.25, -0.2) is 4.98 Å². The zero-order valence-corrected chi connectivity index (χ0v) is 11.3. The van der Waals surface area contributed by atoms with Gasteiger partial charge in [-0.2, -0.15) is 0 Å². The van der Waals surface area contributed by atoms with E-state index in [4.69, 9.17) is 0 Å². The molecular formula is C11H14BrN5. The van der Waals surface area contributed by atoms with Crippen molar-refractivity contribution in [2.75, 3.05) is 0 Å². The van der Waals surface area contributed by atoms with E-state index in [0.717, 1.165) is 16.1 Å². The number of nitrogens with zero attached hydrogens (tertiary/aromatic N) is 4. The maximum absolute atomic E-state index is 4.36. The van der Waals surface area contributed by atoms with Gasteiger partial charge in [0, 0.05) is 13.6 Å². The summed E-state index contributed by atoms with van der Waals surface area (Å²) in [5.41, 5.74) is 0.994. The monoisotopic (exact) mass is 295 g/mol. The van der Waals surface area contributed by atoms with Crippen molar-refractivity contribution >= 4 is 15.9 Å². The van der Waals surface area contributed by atoms with Crippen molar-refractivity contribution in [2.24, 2.45) is 7.05 Å². The lowest BCUT2D eigenvalue weighted by Gasteiger charge is -2.12. The van der Waals surface area contributed by atoms with Crippen LogP contribution in [0, 0.1) is 0 Å². The third kappa shape index (κ3) is 3.10. The molecule has 2 aromatic heterocycles. The van der Waals surface area contributed by atoms with Crippen LogP contribution in [0.4, 0.5) is 0 Å². The second kappa shape index (κ2) is 5.37. The molecule has 2 rings (SSSR count). The Labute approximate surface area is 108 Å². The van der Waals surface area contributed by atoms with Gasteiger partial charge in [-0.15, -0.1) is 10.2 Å². The summed E-state index contributed by atoms with van der Waals surface area (Å²) >= 11 is 3.35. The van der Waals surface area contributed by atoms with Crippen molar-refractivity contribution in [3.05, 3.63) is 40.6 Å². The molecule has 17 heavy (non-hydrogen) atoms. The molecule has 0 aliphatic rings. The molecule has 0 saturated carbocycles. The van der Waals surface area contributed by atoms with Gasteiger partial charge in [-0.05, 0) is 35.0 Å². The van der Waals surface area contributed by atoms with Crippen LogP contribution in [0.15, 0.2) is 29.1 Å². The highest BCUT2D eigenvalue weighted by Crippen LogP contribution is 2.10. The molecule has 0 aliphatic carbocycles.